The van der Waals surface area contributed by atoms with Crippen molar-refractivity contribution in [2.24, 2.45) is 10.8 Å². The molecule has 4 heteroatoms. The van der Waals surface area contributed by atoms with Crippen LogP contribution in [0.4, 0.5) is 0 Å². The lowest BCUT2D eigenvalue weighted by atomic mass is 9.72. The van der Waals surface area contributed by atoms with Gasteiger partial charge in [0, 0.05) is 5.57 Å². The first-order valence-electron chi connectivity index (χ1n) is 6.02. The first kappa shape index (κ1) is 15.1. The normalized spacial score (nSPS) is 25.9. The molecule has 1 rings (SSSR count). The molecule has 0 amide bonds. The Balaban J connectivity index is 3.43. The molecule has 0 bridgehead atoms. The van der Waals surface area contributed by atoms with E-state index in [9.17, 15) is 5.11 Å². The van der Waals surface area contributed by atoms with E-state index in [-0.39, 0.29) is 11.1 Å². The minimum atomic E-state index is -2.05. The van der Waals surface area contributed by atoms with E-state index < -0.39 is 11.2 Å². The number of allylic oxidation sites excluding steroid dienone is 2. The van der Waals surface area contributed by atoms with Gasteiger partial charge in [-0.3, -0.25) is 5.41 Å². The molecule has 0 spiro atoms. The number of hydrogen-bond donors (Lipinski definition) is 3. The third kappa shape index (κ3) is 2.55. The van der Waals surface area contributed by atoms with Gasteiger partial charge < -0.3 is 5.11 Å². The number of rotatable bonds is 1. The highest BCUT2D eigenvalue weighted by Gasteiger charge is 2.46. The molecule has 0 aromatic carbocycles. The van der Waals surface area contributed by atoms with Gasteiger partial charge in [0.1, 0.15) is 0 Å². The standard InChI is InChI=1S/C14H23NO3/c1-12(2,3)9-7-10(13(4,5)6)14(16,18-17)11(15)8-9/h7-8,15-17H,1-6H3/t14-/m0/s1. The van der Waals surface area contributed by atoms with Crippen LogP contribution in [-0.4, -0.2) is 21.9 Å². The van der Waals surface area contributed by atoms with Crippen molar-refractivity contribution < 1.29 is 15.3 Å². The molecule has 3 N–H and O–H groups in total. The zero-order chi connectivity index (χ0) is 14.4. The fraction of sp³-hybridized carbons (Fsp3) is 0.643. The maximum atomic E-state index is 10.3. The first-order valence-corrected chi connectivity index (χ1v) is 6.02. The quantitative estimate of drug-likeness (QED) is 0.382. The highest BCUT2D eigenvalue weighted by molar-refractivity contribution is 6.03. The Hall–Kier alpha value is -0.970. The second kappa shape index (κ2) is 4.30. The Morgan fingerprint density at radius 3 is 1.89 bits per heavy atom. The Labute approximate surface area is 108 Å². The molecular weight excluding hydrogens is 230 g/mol. The molecule has 1 aliphatic carbocycles. The van der Waals surface area contributed by atoms with Crippen LogP contribution in [0.2, 0.25) is 0 Å². The van der Waals surface area contributed by atoms with Crippen molar-refractivity contribution in [3.8, 4) is 0 Å². The van der Waals surface area contributed by atoms with Gasteiger partial charge in [0.15, 0.2) is 0 Å². The average Bonchev–Trinajstić information content (AvgIpc) is 2.18. The van der Waals surface area contributed by atoms with Crippen molar-refractivity contribution in [2.45, 2.75) is 47.3 Å². The highest BCUT2D eigenvalue weighted by Crippen LogP contribution is 2.42. The zero-order valence-corrected chi connectivity index (χ0v) is 12.0. The van der Waals surface area contributed by atoms with Gasteiger partial charge in [0.2, 0.25) is 0 Å². The molecule has 0 saturated carbocycles. The Kier molecular flexibility index (Phi) is 3.60. The monoisotopic (exact) mass is 253 g/mol. The molecule has 0 unspecified atom stereocenters. The van der Waals surface area contributed by atoms with Crippen molar-refractivity contribution in [2.75, 3.05) is 0 Å². The number of nitrogens with one attached hydrogen (secondary N) is 1. The lowest BCUT2D eigenvalue weighted by Crippen LogP contribution is -2.47. The SMILES string of the molecule is CC(C)(C)C1=CC(=N)[C@@](O)(OO)C(C(C)(C)C)=C1. The minimum Gasteiger partial charge on any atom is -0.355 e. The molecule has 0 heterocycles. The predicted molar refractivity (Wildman–Crippen MR) is 71.5 cm³/mol. The molecule has 0 fully saturated rings. The van der Waals surface area contributed by atoms with Gasteiger partial charge in [0.05, 0.1) is 5.71 Å². The van der Waals surface area contributed by atoms with E-state index >= 15 is 0 Å². The second-order valence-corrected chi connectivity index (χ2v) is 6.81. The summed E-state index contributed by atoms with van der Waals surface area (Å²) in [4.78, 5) is 4.21. The summed E-state index contributed by atoms with van der Waals surface area (Å²) in [7, 11) is 0. The maximum absolute atomic E-state index is 10.3. The molecular formula is C14H23NO3. The molecule has 1 atom stereocenters. The Bertz CT molecular complexity index is 421. The predicted octanol–water partition coefficient (Wildman–Crippen LogP) is 3.14. The van der Waals surface area contributed by atoms with E-state index in [4.69, 9.17) is 10.7 Å². The van der Waals surface area contributed by atoms with Gasteiger partial charge in [-0.1, -0.05) is 47.6 Å². The lowest BCUT2D eigenvalue weighted by molar-refractivity contribution is -0.351. The summed E-state index contributed by atoms with van der Waals surface area (Å²) in [6.07, 6.45) is 3.36. The molecule has 102 valence electrons. The van der Waals surface area contributed by atoms with Crippen LogP contribution in [0.5, 0.6) is 0 Å². The van der Waals surface area contributed by atoms with E-state index in [1.165, 1.54) is 0 Å². The van der Waals surface area contributed by atoms with Crippen molar-refractivity contribution in [3.63, 3.8) is 0 Å². The number of hydrogen-bond acceptors (Lipinski definition) is 4. The van der Waals surface area contributed by atoms with Crippen LogP contribution in [0.3, 0.4) is 0 Å². The third-order valence-electron chi connectivity index (χ3n) is 3.14. The van der Waals surface area contributed by atoms with Crippen molar-refractivity contribution in [1.82, 2.24) is 0 Å². The highest BCUT2D eigenvalue weighted by atomic mass is 17.1. The second-order valence-electron chi connectivity index (χ2n) is 6.81. The van der Waals surface area contributed by atoms with Crippen LogP contribution in [0.25, 0.3) is 0 Å². The summed E-state index contributed by atoms with van der Waals surface area (Å²) in [6, 6.07) is 0. The van der Waals surface area contributed by atoms with Crippen LogP contribution in [0.15, 0.2) is 23.3 Å². The fourth-order valence-electron chi connectivity index (χ4n) is 1.95. The van der Waals surface area contributed by atoms with Crippen LogP contribution >= 0.6 is 0 Å². The largest absolute Gasteiger partial charge is 0.355 e. The van der Waals surface area contributed by atoms with E-state index in [0.29, 0.717) is 5.57 Å². The molecule has 1 aliphatic rings. The third-order valence-corrected chi connectivity index (χ3v) is 3.14. The van der Waals surface area contributed by atoms with Crippen LogP contribution in [0.1, 0.15) is 41.5 Å². The summed E-state index contributed by atoms with van der Waals surface area (Å²) in [5.74, 6) is -2.05. The van der Waals surface area contributed by atoms with E-state index in [1.54, 1.807) is 6.08 Å². The van der Waals surface area contributed by atoms with Crippen LogP contribution in [0, 0.1) is 16.2 Å². The van der Waals surface area contributed by atoms with Crippen molar-refractivity contribution in [3.05, 3.63) is 23.3 Å². The summed E-state index contributed by atoms with van der Waals surface area (Å²) >= 11 is 0. The summed E-state index contributed by atoms with van der Waals surface area (Å²) < 4.78 is 0. The van der Waals surface area contributed by atoms with E-state index in [1.807, 2.05) is 47.6 Å². The molecule has 0 aromatic heterocycles. The first-order chi connectivity index (χ1) is 7.93. The summed E-state index contributed by atoms with van der Waals surface area (Å²) in [5, 5.41) is 27.2. The minimum absolute atomic E-state index is 0.139. The fourth-order valence-corrected chi connectivity index (χ4v) is 1.95. The molecule has 4 nitrogen and oxygen atoms in total. The van der Waals surface area contributed by atoms with Crippen LogP contribution in [-0.2, 0) is 4.89 Å². The van der Waals surface area contributed by atoms with E-state index in [0.717, 1.165) is 5.57 Å². The average molecular weight is 253 g/mol. The summed E-state index contributed by atoms with van der Waals surface area (Å²) in [6.45, 7) is 11.8. The van der Waals surface area contributed by atoms with Crippen molar-refractivity contribution in [1.29, 1.82) is 5.41 Å². The summed E-state index contributed by atoms with van der Waals surface area (Å²) in [5.41, 5.74) is 0.699. The van der Waals surface area contributed by atoms with Gasteiger partial charge >= 0.3 is 0 Å². The van der Waals surface area contributed by atoms with Gasteiger partial charge in [0.25, 0.3) is 5.79 Å². The molecule has 0 saturated heterocycles. The topological polar surface area (TPSA) is 73.5 Å². The van der Waals surface area contributed by atoms with Gasteiger partial charge in [-0.2, -0.15) is 4.89 Å². The molecule has 0 aromatic rings. The Morgan fingerprint density at radius 1 is 1.06 bits per heavy atom. The van der Waals surface area contributed by atoms with Gasteiger partial charge in [-0.05, 0) is 22.5 Å². The lowest BCUT2D eigenvalue weighted by Gasteiger charge is -2.39. The molecule has 18 heavy (non-hydrogen) atoms. The van der Waals surface area contributed by atoms with Gasteiger partial charge in [-0.25, -0.2) is 5.26 Å². The maximum Gasteiger partial charge on any atom is 0.264 e. The molecule has 0 aliphatic heterocycles. The number of aliphatic hydroxyl groups is 1. The van der Waals surface area contributed by atoms with Gasteiger partial charge in [-0.15, -0.1) is 0 Å². The van der Waals surface area contributed by atoms with Crippen molar-refractivity contribution >= 4 is 5.71 Å². The zero-order valence-electron chi connectivity index (χ0n) is 12.0. The van der Waals surface area contributed by atoms with E-state index in [2.05, 4.69) is 4.89 Å². The molecule has 0 radical (unpaired) electrons. The smallest absolute Gasteiger partial charge is 0.264 e. The Morgan fingerprint density at radius 2 is 1.56 bits per heavy atom. The van der Waals surface area contributed by atoms with Crippen LogP contribution < -0.4 is 0 Å².